The van der Waals surface area contributed by atoms with E-state index in [1.54, 1.807) is 6.33 Å². The van der Waals surface area contributed by atoms with E-state index in [1.807, 2.05) is 51.2 Å². The molecule has 18 heavy (non-hydrogen) atoms. The Morgan fingerprint density at radius 1 is 1.11 bits per heavy atom. The van der Waals surface area contributed by atoms with Gasteiger partial charge in [-0.25, -0.2) is 9.97 Å². The zero-order valence-corrected chi connectivity index (χ0v) is 10.8. The predicted octanol–water partition coefficient (Wildman–Crippen LogP) is 2.97. The molecule has 2 rings (SSSR count). The summed E-state index contributed by atoms with van der Waals surface area (Å²) in [6.07, 6.45) is 1.74. The molecule has 1 heterocycles. The van der Waals surface area contributed by atoms with E-state index in [0.717, 1.165) is 22.8 Å². The van der Waals surface area contributed by atoms with Crippen LogP contribution in [0.3, 0.4) is 0 Å². The molecule has 0 aliphatic rings. The summed E-state index contributed by atoms with van der Waals surface area (Å²) >= 11 is 0. The van der Waals surface area contributed by atoms with Crippen molar-refractivity contribution >= 4 is 5.82 Å². The minimum Gasteiger partial charge on any atom is -0.491 e. The van der Waals surface area contributed by atoms with Crippen molar-refractivity contribution in [2.45, 2.75) is 20.0 Å². The topological polar surface area (TPSA) is 47.0 Å². The molecule has 0 aliphatic heterocycles. The number of nitrogens with zero attached hydrogens (tertiary/aromatic N) is 2. The molecule has 0 aliphatic carbocycles. The molecule has 94 valence electrons. The maximum absolute atomic E-state index is 5.60. The van der Waals surface area contributed by atoms with E-state index in [4.69, 9.17) is 4.74 Å². The van der Waals surface area contributed by atoms with Gasteiger partial charge in [-0.1, -0.05) is 0 Å². The van der Waals surface area contributed by atoms with Crippen molar-refractivity contribution in [3.63, 3.8) is 0 Å². The van der Waals surface area contributed by atoms with E-state index < -0.39 is 0 Å². The number of hydrogen-bond donors (Lipinski definition) is 1. The highest BCUT2D eigenvalue weighted by Crippen LogP contribution is 2.22. The summed E-state index contributed by atoms with van der Waals surface area (Å²) in [5.74, 6) is 1.68. The van der Waals surface area contributed by atoms with Crippen LogP contribution in [0.2, 0.25) is 0 Å². The lowest BCUT2D eigenvalue weighted by Crippen LogP contribution is -2.05. The molecule has 4 nitrogen and oxygen atoms in total. The maximum Gasteiger partial charge on any atom is 0.129 e. The maximum atomic E-state index is 5.60. The molecule has 0 saturated carbocycles. The van der Waals surface area contributed by atoms with Gasteiger partial charge in [0.05, 0.1) is 11.8 Å². The summed E-state index contributed by atoms with van der Waals surface area (Å²) in [6, 6.07) is 9.82. The first kappa shape index (κ1) is 12.4. The van der Waals surface area contributed by atoms with E-state index in [0.29, 0.717) is 0 Å². The van der Waals surface area contributed by atoms with Gasteiger partial charge in [0.1, 0.15) is 17.9 Å². The van der Waals surface area contributed by atoms with Gasteiger partial charge in [0.15, 0.2) is 0 Å². The Hall–Kier alpha value is -2.10. The Kier molecular flexibility index (Phi) is 3.77. The quantitative estimate of drug-likeness (QED) is 0.896. The normalized spacial score (nSPS) is 10.4. The molecule has 0 unspecified atom stereocenters. The first-order chi connectivity index (χ1) is 8.69. The third kappa shape index (κ3) is 2.97. The summed E-state index contributed by atoms with van der Waals surface area (Å²) in [6.45, 7) is 4.02. The van der Waals surface area contributed by atoms with Crippen LogP contribution < -0.4 is 10.1 Å². The average Bonchev–Trinajstić information content (AvgIpc) is 2.39. The number of aromatic nitrogens is 2. The Morgan fingerprint density at radius 3 is 2.44 bits per heavy atom. The van der Waals surface area contributed by atoms with E-state index in [2.05, 4.69) is 15.3 Å². The fourth-order valence-corrected chi connectivity index (χ4v) is 1.63. The highest BCUT2D eigenvalue weighted by Gasteiger charge is 2.02. The molecular weight excluding hydrogens is 226 g/mol. The second-order valence-corrected chi connectivity index (χ2v) is 4.23. The van der Waals surface area contributed by atoms with Gasteiger partial charge in [-0.2, -0.15) is 0 Å². The standard InChI is InChI=1S/C14H17N3O/c1-10(2)18-12-6-4-11(5-7-12)13-8-14(15-3)17-9-16-13/h4-10H,1-3H3,(H,15,16,17). The van der Waals surface area contributed by atoms with E-state index in [9.17, 15) is 0 Å². The summed E-state index contributed by atoms with van der Waals surface area (Å²) in [4.78, 5) is 8.35. The molecule has 0 atom stereocenters. The molecular formula is C14H17N3O. The summed E-state index contributed by atoms with van der Waals surface area (Å²) < 4.78 is 5.60. The van der Waals surface area contributed by atoms with Gasteiger partial charge < -0.3 is 10.1 Å². The highest BCUT2D eigenvalue weighted by molar-refractivity contribution is 5.62. The Bertz CT molecular complexity index is 509. The van der Waals surface area contributed by atoms with Crippen molar-refractivity contribution in [3.8, 4) is 17.0 Å². The average molecular weight is 243 g/mol. The van der Waals surface area contributed by atoms with Gasteiger partial charge in [-0.3, -0.25) is 0 Å². The highest BCUT2D eigenvalue weighted by atomic mass is 16.5. The fourth-order valence-electron chi connectivity index (χ4n) is 1.63. The first-order valence-corrected chi connectivity index (χ1v) is 5.96. The summed E-state index contributed by atoms with van der Waals surface area (Å²) in [5, 5.41) is 3.00. The van der Waals surface area contributed by atoms with Crippen LogP contribution in [-0.2, 0) is 0 Å². The zero-order chi connectivity index (χ0) is 13.0. The third-order valence-corrected chi connectivity index (χ3v) is 2.45. The molecule has 1 N–H and O–H groups in total. The van der Waals surface area contributed by atoms with Crippen LogP contribution in [-0.4, -0.2) is 23.1 Å². The van der Waals surface area contributed by atoms with Crippen LogP contribution in [0, 0.1) is 0 Å². The van der Waals surface area contributed by atoms with Crippen LogP contribution in [0.25, 0.3) is 11.3 Å². The minimum atomic E-state index is 0.186. The fraction of sp³-hybridized carbons (Fsp3) is 0.286. The number of rotatable bonds is 4. The lowest BCUT2D eigenvalue weighted by molar-refractivity contribution is 0.242. The third-order valence-electron chi connectivity index (χ3n) is 2.45. The smallest absolute Gasteiger partial charge is 0.129 e. The molecule has 0 radical (unpaired) electrons. The van der Waals surface area contributed by atoms with Crippen LogP contribution in [0.4, 0.5) is 5.82 Å². The van der Waals surface area contributed by atoms with Crippen molar-refractivity contribution in [2.75, 3.05) is 12.4 Å². The number of anilines is 1. The van der Waals surface area contributed by atoms with E-state index >= 15 is 0 Å². The Morgan fingerprint density at radius 2 is 1.83 bits per heavy atom. The van der Waals surface area contributed by atoms with Gasteiger partial charge in [0, 0.05) is 18.7 Å². The van der Waals surface area contributed by atoms with Crippen LogP contribution in [0.15, 0.2) is 36.7 Å². The van der Waals surface area contributed by atoms with Crippen molar-refractivity contribution in [3.05, 3.63) is 36.7 Å². The van der Waals surface area contributed by atoms with Crippen LogP contribution in [0.1, 0.15) is 13.8 Å². The van der Waals surface area contributed by atoms with Crippen molar-refractivity contribution in [1.29, 1.82) is 0 Å². The van der Waals surface area contributed by atoms with Crippen molar-refractivity contribution in [2.24, 2.45) is 0 Å². The number of nitrogens with one attached hydrogen (secondary N) is 1. The Balaban J connectivity index is 2.22. The number of ether oxygens (including phenoxy) is 1. The molecule has 1 aromatic carbocycles. The van der Waals surface area contributed by atoms with Gasteiger partial charge in [0.25, 0.3) is 0 Å². The van der Waals surface area contributed by atoms with Crippen molar-refractivity contribution < 1.29 is 4.74 Å². The summed E-state index contributed by atoms with van der Waals surface area (Å²) in [7, 11) is 1.84. The second kappa shape index (κ2) is 5.49. The molecule has 1 aromatic heterocycles. The van der Waals surface area contributed by atoms with Gasteiger partial charge in [0.2, 0.25) is 0 Å². The largest absolute Gasteiger partial charge is 0.491 e. The van der Waals surface area contributed by atoms with Crippen molar-refractivity contribution in [1.82, 2.24) is 9.97 Å². The molecule has 4 heteroatoms. The first-order valence-electron chi connectivity index (χ1n) is 5.96. The lowest BCUT2D eigenvalue weighted by atomic mass is 10.1. The molecule has 0 amide bonds. The monoisotopic (exact) mass is 243 g/mol. The number of benzene rings is 1. The second-order valence-electron chi connectivity index (χ2n) is 4.23. The Labute approximate surface area is 107 Å². The van der Waals surface area contributed by atoms with E-state index in [-0.39, 0.29) is 6.10 Å². The van der Waals surface area contributed by atoms with E-state index in [1.165, 1.54) is 0 Å². The van der Waals surface area contributed by atoms with Crippen LogP contribution in [0.5, 0.6) is 5.75 Å². The summed E-state index contributed by atoms with van der Waals surface area (Å²) in [5.41, 5.74) is 1.94. The molecule has 2 aromatic rings. The minimum absolute atomic E-state index is 0.186. The molecule has 0 fully saturated rings. The van der Waals surface area contributed by atoms with Gasteiger partial charge in [-0.15, -0.1) is 0 Å². The lowest BCUT2D eigenvalue weighted by Gasteiger charge is -2.10. The number of hydrogen-bond acceptors (Lipinski definition) is 4. The molecule has 0 bridgehead atoms. The zero-order valence-electron chi connectivity index (χ0n) is 10.8. The predicted molar refractivity (Wildman–Crippen MR) is 72.8 cm³/mol. The SMILES string of the molecule is CNc1cc(-c2ccc(OC(C)C)cc2)ncn1. The molecule has 0 spiro atoms. The van der Waals surface area contributed by atoms with Gasteiger partial charge in [-0.05, 0) is 38.1 Å². The molecule has 0 saturated heterocycles. The van der Waals surface area contributed by atoms with Crippen LogP contribution >= 0.6 is 0 Å². The van der Waals surface area contributed by atoms with Gasteiger partial charge >= 0.3 is 0 Å².